The minimum absolute atomic E-state index is 0.141. The Kier molecular flexibility index (Phi) is 6.41. The zero-order valence-corrected chi connectivity index (χ0v) is 19.6. The molecule has 0 bridgehead atoms. The van der Waals surface area contributed by atoms with E-state index in [2.05, 4.69) is 5.32 Å². The molecule has 0 saturated heterocycles. The topological polar surface area (TPSA) is 112 Å². The summed E-state index contributed by atoms with van der Waals surface area (Å²) in [5, 5.41) is 3.51. The molecule has 3 atom stereocenters. The van der Waals surface area contributed by atoms with Gasteiger partial charge in [0.2, 0.25) is 0 Å². The second kappa shape index (κ2) is 9.29. The van der Waals surface area contributed by atoms with Gasteiger partial charge >= 0.3 is 11.9 Å². The fraction of sp³-hybridized carbons (Fsp3) is 0.385. The van der Waals surface area contributed by atoms with Crippen molar-refractivity contribution < 1.29 is 28.3 Å². The molecular weight excluding hydrogens is 438 g/mol. The van der Waals surface area contributed by atoms with Gasteiger partial charge < -0.3 is 19.2 Å². The van der Waals surface area contributed by atoms with Crippen molar-refractivity contribution in [2.24, 2.45) is 11.8 Å². The summed E-state index contributed by atoms with van der Waals surface area (Å²) in [7, 11) is 1.23. The van der Waals surface area contributed by atoms with Gasteiger partial charge in [0.25, 0.3) is 0 Å². The average Bonchev–Trinajstić information content (AvgIpc) is 2.82. The fourth-order valence-electron chi connectivity index (χ4n) is 4.83. The van der Waals surface area contributed by atoms with Crippen molar-refractivity contribution in [3.05, 3.63) is 68.9 Å². The highest BCUT2D eigenvalue weighted by atomic mass is 16.5. The second-order valence-electron chi connectivity index (χ2n) is 8.69. The number of methoxy groups -OCH3 is 1. The van der Waals surface area contributed by atoms with Crippen LogP contribution in [-0.4, -0.2) is 31.4 Å². The van der Waals surface area contributed by atoms with Gasteiger partial charge in [-0.25, -0.2) is 4.79 Å². The molecule has 34 heavy (non-hydrogen) atoms. The van der Waals surface area contributed by atoms with Crippen molar-refractivity contribution in [3.63, 3.8) is 0 Å². The number of hydrogen-bond donors (Lipinski definition) is 1. The van der Waals surface area contributed by atoms with Crippen LogP contribution in [0.25, 0.3) is 11.0 Å². The SMILES string of the molecule is CCCOC(=O)C1=C(C)NC2=C(C(=O)[C@@H](C(=O)OC)[C@@H](C)C2)[C@@H]1c1coc2ccccc2c1=O. The lowest BCUT2D eigenvalue weighted by Gasteiger charge is -2.37. The molecule has 0 saturated carbocycles. The number of dihydropyridines is 1. The van der Waals surface area contributed by atoms with E-state index in [1.807, 2.05) is 6.92 Å². The van der Waals surface area contributed by atoms with Crippen LogP contribution in [0.4, 0.5) is 0 Å². The van der Waals surface area contributed by atoms with E-state index in [9.17, 15) is 19.2 Å². The summed E-state index contributed by atoms with van der Waals surface area (Å²) >= 11 is 0. The molecule has 0 radical (unpaired) electrons. The molecule has 0 spiro atoms. The lowest BCUT2D eigenvalue weighted by atomic mass is 9.69. The first-order chi connectivity index (χ1) is 16.3. The molecule has 8 nitrogen and oxygen atoms in total. The number of ketones is 1. The molecule has 2 heterocycles. The maximum absolute atomic E-state index is 13.7. The maximum Gasteiger partial charge on any atom is 0.336 e. The van der Waals surface area contributed by atoms with E-state index < -0.39 is 29.6 Å². The van der Waals surface area contributed by atoms with Gasteiger partial charge in [-0.15, -0.1) is 0 Å². The monoisotopic (exact) mass is 465 g/mol. The molecule has 4 rings (SSSR count). The van der Waals surface area contributed by atoms with Crippen LogP contribution in [0.1, 0.15) is 45.1 Å². The van der Waals surface area contributed by atoms with Crippen LogP contribution >= 0.6 is 0 Å². The Morgan fingerprint density at radius 3 is 2.65 bits per heavy atom. The predicted octanol–water partition coefficient (Wildman–Crippen LogP) is 3.36. The van der Waals surface area contributed by atoms with E-state index in [0.29, 0.717) is 35.2 Å². The number of carbonyl (C=O) groups excluding carboxylic acids is 3. The number of ether oxygens (including phenoxy) is 2. The summed E-state index contributed by atoms with van der Waals surface area (Å²) in [6.07, 6.45) is 2.29. The van der Waals surface area contributed by atoms with Crippen molar-refractivity contribution in [1.82, 2.24) is 5.32 Å². The molecule has 1 N–H and O–H groups in total. The van der Waals surface area contributed by atoms with Crippen molar-refractivity contribution >= 4 is 28.7 Å². The molecule has 1 aromatic heterocycles. The quantitative estimate of drug-likeness (QED) is 0.529. The first kappa shape index (κ1) is 23.5. The van der Waals surface area contributed by atoms with Gasteiger partial charge in [-0.05, 0) is 37.8 Å². The number of esters is 2. The van der Waals surface area contributed by atoms with Gasteiger partial charge in [0.1, 0.15) is 11.5 Å². The number of benzene rings is 1. The third-order valence-corrected chi connectivity index (χ3v) is 6.42. The Hall–Kier alpha value is -3.68. The number of hydrogen-bond acceptors (Lipinski definition) is 8. The highest BCUT2D eigenvalue weighted by Gasteiger charge is 2.48. The molecule has 8 heteroatoms. The van der Waals surface area contributed by atoms with Crippen LogP contribution in [0.5, 0.6) is 0 Å². The summed E-state index contributed by atoms with van der Waals surface area (Å²) in [4.78, 5) is 52.9. The van der Waals surface area contributed by atoms with Gasteiger partial charge in [0.05, 0.1) is 36.9 Å². The zero-order chi connectivity index (χ0) is 24.6. The van der Waals surface area contributed by atoms with Crippen LogP contribution in [0.3, 0.4) is 0 Å². The number of allylic oxidation sites excluding steroid dienone is 3. The molecule has 0 fully saturated rings. The molecule has 178 valence electrons. The summed E-state index contributed by atoms with van der Waals surface area (Å²) < 4.78 is 16.0. The number of carbonyl (C=O) groups is 3. The first-order valence-electron chi connectivity index (χ1n) is 11.3. The Morgan fingerprint density at radius 1 is 1.21 bits per heavy atom. The number of fused-ring (bicyclic) bond motifs is 1. The second-order valence-corrected chi connectivity index (χ2v) is 8.69. The summed E-state index contributed by atoms with van der Waals surface area (Å²) in [5.41, 5.74) is 1.61. The Morgan fingerprint density at radius 2 is 1.94 bits per heavy atom. The number of nitrogens with one attached hydrogen (secondary N) is 1. The number of Topliss-reactive ketones (excluding diaryl/α,β-unsaturated/α-hetero) is 1. The van der Waals surface area contributed by atoms with E-state index in [1.165, 1.54) is 13.4 Å². The van der Waals surface area contributed by atoms with Crippen LogP contribution in [0.15, 0.2) is 62.3 Å². The lowest BCUT2D eigenvalue weighted by molar-refractivity contribution is -0.151. The van der Waals surface area contributed by atoms with Gasteiger partial charge in [0, 0.05) is 22.5 Å². The van der Waals surface area contributed by atoms with E-state index in [0.717, 1.165) is 0 Å². The van der Waals surface area contributed by atoms with E-state index >= 15 is 0 Å². The molecule has 1 aliphatic carbocycles. The van der Waals surface area contributed by atoms with E-state index in [1.54, 1.807) is 38.1 Å². The van der Waals surface area contributed by atoms with Gasteiger partial charge in [0.15, 0.2) is 11.2 Å². The Balaban J connectivity index is 1.95. The largest absolute Gasteiger partial charge is 0.468 e. The lowest BCUT2D eigenvalue weighted by Crippen LogP contribution is -2.44. The predicted molar refractivity (Wildman–Crippen MR) is 124 cm³/mol. The summed E-state index contributed by atoms with van der Waals surface area (Å²) in [5.74, 6) is -4.13. The van der Waals surface area contributed by atoms with Crippen LogP contribution < -0.4 is 10.7 Å². The molecule has 2 aromatic rings. The van der Waals surface area contributed by atoms with Crippen LogP contribution in [0.2, 0.25) is 0 Å². The van der Waals surface area contributed by atoms with Crippen LogP contribution in [-0.2, 0) is 23.9 Å². The van der Waals surface area contributed by atoms with Crippen LogP contribution in [0, 0.1) is 11.8 Å². The third-order valence-electron chi connectivity index (χ3n) is 6.42. The highest BCUT2D eigenvalue weighted by molar-refractivity contribution is 6.12. The van der Waals surface area contributed by atoms with Crippen molar-refractivity contribution in [2.75, 3.05) is 13.7 Å². The first-order valence-corrected chi connectivity index (χ1v) is 11.3. The normalized spacial score (nSPS) is 22.4. The highest BCUT2D eigenvalue weighted by Crippen LogP contribution is 2.45. The van der Waals surface area contributed by atoms with Crippen molar-refractivity contribution in [3.8, 4) is 0 Å². The fourth-order valence-corrected chi connectivity index (χ4v) is 4.83. The standard InChI is InChI=1S/C26H27NO7/c1-5-10-33-26(31)20-14(3)27-17-11-13(2)19(25(30)32-4)24(29)22(17)21(20)16-12-34-18-9-7-6-8-15(18)23(16)28/h6-9,12-13,19,21,27H,5,10-11H2,1-4H3/t13-,19-,21+/m0/s1. The van der Waals surface area contributed by atoms with E-state index in [4.69, 9.17) is 13.9 Å². The minimum atomic E-state index is -1.04. The van der Waals surface area contributed by atoms with Gasteiger partial charge in [-0.3, -0.25) is 14.4 Å². The molecular formula is C26H27NO7. The molecule has 0 unspecified atom stereocenters. The van der Waals surface area contributed by atoms with Gasteiger partial charge in [-0.2, -0.15) is 0 Å². The third kappa shape index (κ3) is 3.83. The molecule has 2 aliphatic rings. The molecule has 1 aliphatic heterocycles. The number of rotatable bonds is 5. The van der Waals surface area contributed by atoms with E-state index in [-0.39, 0.29) is 34.7 Å². The Bertz CT molecular complexity index is 1300. The zero-order valence-electron chi connectivity index (χ0n) is 19.6. The minimum Gasteiger partial charge on any atom is -0.468 e. The summed E-state index contributed by atoms with van der Waals surface area (Å²) in [6, 6.07) is 6.77. The van der Waals surface area contributed by atoms with Crippen molar-refractivity contribution in [1.29, 1.82) is 0 Å². The molecule has 1 aromatic carbocycles. The smallest absolute Gasteiger partial charge is 0.336 e. The van der Waals surface area contributed by atoms with Gasteiger partial charge in [-0.1, -0.05) is 26.0 Å². The Labute approximate surface area is 196 Å². The van der Waals surface area contributed by atoms with Crippen molar-refractivity contribution in [2.45, 2.75) is 39.5 Å². The number of para-hydroxylation sites is 1. The molecule has 0 amide bonds. The average molecular weight is 466 g/mol. The summed E-state index contributed by atoms with van der Waals surface area (Å²) in [6.45, 7) is 5.57. The maximum atomic E-state index is 13.7.